The van der Waals surface area contributed by atoms with Crippen LogP contribution in [0.15, 0.2) is 35.3 Å². The van der Waals surface area contributed by atoms with Crippen molar-refractivity contribution in [3.8, 4) is 0 Å². The number of esters is 2. The first-order valence-corrected chi connectivity index (χ1v) is 13.3. The summed E-state index contributed by atoms with van der Waals surface area (Å²) in [5.74, 6) is -7.68. The number of carbonyl (C=O) groups is 4. The summed E-state index contributed by atoms with van der Waals surface area (Å²) in [6.07, 6.45) is -2.52. The minimum Gasteiger partial charge on any atom is -0.423 e. The molecule has 38 heavy (non-hydrogen) atoms. The Hall–Kier alpha value is -2.44. The van der Waals surface area contributed by atoms with E-state index in [-0.39, 0.29) is 23.8 Å². The molecule has 4 aliphatic carbocycles. The molecule has 2 N–H and O–H groups in total. The second-order valence-corrected chi connectivity index (χ2v) is 12.1. The number of carbonyl (C=O) groups excluding carboxylic acids is 4. The zero-order valence-electron chi connectivity index (χ0n) is 20.8. The fraction of sp³-hybridized carbons (Fsp3) is 0.615. The van der Waals surface area contributed by atoms with E-state index in [0.29, 0.717) is 0 Å². The van der Waals surface area contributed by atoms with Gasteiger partial charge in [0.1, 0.15) is 17.8 Å². The van der Waals surface area contributed by atoms with Crippen LogP contribution < -0.4 is 0 Å². The summed E-state index contributed by atoms with van der Waals surface area (Å²) >= 11 is 0.281. The molecule has 206 valence electrons. The molecule has 0 aromatic heterocycles. The Morgan fingerprint density at radius 2 is 1.76 bits per heavy atom. The van der Waals surface area contributed by atoms with Crippen molar-refractivity contribution in [1.82, 2.24) is 0 Å². The molecule has 0 aromatic rings. The van der Waals surface area contributed by atoms with Crippen molar-refractivity contribution in [2.24, 2.45) is 28.6 Å². The third-order valence-corrected chi connectivity index (χ3v) is 10.4. The molecule has 0 spiro atoms. The molecular formula is C26H27F3O8S. The lowest BCUT2D eigenvalue weighted by atomic mass is 9.44. The molecule has 8 nitrogen and oxygen atoms in total. The Labute approximate surface area is 220 Å². The van der Waals surface area contributed by atoms with Gasteiger partial charge in [-0.3, -0.25) is 9.59 Å². The predicted octanol–water partition coefficient (Wildman–Crippen LogP) is 2.78. The molecule has 1 aliphatic heterocycles. The Bertz CT molecular complexity index is 1250. The van der Waals surface area contributed by atoms with E-state index in [4.69, 9.17) is 9.47 Å². The average Bonchev–Trinajstić information content (AvgIpc) is 3.04. The smallest absolute Gasteiger partial charge is 0.336 e. The fourth-order valence-corrected chi connectivity index (χ4v) is 8.67. The Balaban J connectivity index is 1.70. The molecule has 0 bridgehead atoms. The van der Waals surface area contributed by atoms with Gasteiger partial charge in [0.25, 0.3) is 0 Å². The van der Waals surface area contributed by atoms with Crippen LogP contribution >= 0.6 is 11.8 Å². The van der Waals surface area contributed by atoms with Gasteiger partial charge in [0.15, 0.2) is 11.4 Å². The summed E-state index contributed by atoms with van der Waals surface area (Å²) in [6.45, 7) is 4.27. The van der Waals surface area contributed by atoms with Gasteiger partial charge < -0.3 is 19.7 Å². The highest BCUT2D eigenvalue weighted by molar-refractivity contribution is 8.13. The summed E-state index contributed by atoms with van der Waals surface area (Å²) in [4.78, 5) is 50.4. The summed E-state index contributed by atoms with van der Waals surface area (Å²) in [7, 11) is 0. The Morgan fingerprint density at radius 3 is 2.39 bits per heavy atom. The van der Waals surface area contributed by atoms with Crippen molar-refractivity contribution in [3.05, 3.63) is 35.3 Å². The van der Waals surface area contributed by atoms with Crippen LogP contribution in [0.1, 0.15) is 40.0 Å². The number of aliphatic hydroxyl groups excluding tert-OH is 1. The number of aliphatic hydroxyl groups is 2. The first kappa shape index (κ1) is 27.1. The first-order chi connectivity index (χ1) is 17.7. The molecule has 12 heteroatoms. The molecule has 1 unspecified atom stereocenters. The fourth-order valence-electron chi connectivity index (χ4n) is 7.92. The number of hydrogen-bond donors (Lipinski definition) is 2. The molecule has 5 aliphatic rings. The van der Waals surface area contributed by atoms with Crippen LogP contribution in [0.25, 0.3) is 0 Å². The molecule has 0 saturated heterocycles. The molecule has 5 rings (SSSR count). The Morgan fingerprint density at radius 1 is 1.13 bits per heavy atom. The van der Waals surface area contributed by atoms with Crippen LogP contribution in [0.2, 0.25) is 0 Å². The van der Waals surface area contributed by atoms with Crippen LogP contribution in [-0.4, -0.2) is 62.6 Å². The molecule has 0 aromatic carbocycles. The van der Waals surface area contributed by atoms with Crippen LogP contribution in [0.5, 0.6) is 0 Å². The minimum absolute atomic E-state index is 0.0683. The monoisotopic (exact) mass is 556 g/mol. The standard InChI is InChI=1S/C26H27F3O8S/c1-11-6-12-13-7-15(28)14-8-16(30)20-21(37-19(33)5-4-18(32)36-20)24(14,3)25(13,29)17(31)9-23(12,2)26(11,35)22(34)38-10-27/h4-5,8,11-13,15,17,31,35H,6-7,9-10H2,1-3H3/b5-4+/t11-,12+,13?,15+,17+,23+,24+,25+,26+/m1/s1. The number of fused-ring (bicyclic) bond motifs is 6. The number of ether oxygens (including phenoxy) is 2. The van der Waals surface area contributed by atoms with Crippen molar-refractivity contribution < 1.29 is 52.0 Å². The maximum Gasteiger partial charge on any atom is 0.336 e. The van der Waals surface area contributed by atoms with E-state index in [9.17, 15) is 33.8 Å². The molecule has 0 amide bonds. The number of hydrogen-bond acceptors (Lipinski definition) is 9. The SMILES string of the molecule is C[C@@H]1C[C@H]2C3C[C@H](F)C4=CC(=O)C5=C(OC(=O)/C=C/C(=O)O5)[C@@]4(C)[C@@]3(F)[C@@H](O)C[C@]2(C)[C@@]1(O)C(=O)SCF. The normalized spacial score (nSPS) is 46.9. The van der Waals surface area contributed by atoms with Gasteiger partial charge in [-0.1, -0.05) is 25.6 Å². The number of thioether (sulfide) groups is 1. The maximum atomic E-state index is 17.8. The molecule has 3 saturated carbocycles. The van der Waals surface area contributed by atoms with Crippen LogP contribution in [0.4, 0.5) is 13.2 Å². The van der Waals surface area contributed by atoms with Gasteiger partial charge in [0.2, 0.25) is 16.7 Å². The molecule has 0 radical (unpaired) electrons. The zero-order chi connectivity index (χ0) is 28.0. The van der Waals surface area contributed by atoms with Crippen LogP contribution in [0.3, 0.4) is 0 Å². The second-order valence-electron chi connectivity index (χ2n) is 11.2. The average molecular weight is 557 g/mol. The lowest BCUT2D eigenvalue weighted by Gasteiger charge is -2.63. The lowest BCUT2D eigenvalue weighted by molar-refractivity contribution is -0.229. The topological polar surface area (TPSA) is 127 Å². The van der Waals surface area contributed by atoms with Crippen LogP contribution in [-0.2, 0) is 28.7 Å². The highest BCUT2D eigenvalue weighted by Crippen LogP contribution is 2.72. The van der Waals surface area contributed by atoms with E-state index < -0.39 is 105 Å². The third-order valence-electron chi connectivity index (χ3n) is 9.71. The summed E-state index contributed by atoms with van der Waals surface area (Å²) in [6, 6.07) is -1.09. The van der Waals surface area contributed by atoms with Crippen LogP contribution in [0, 0.1) is 28.6 Å². The maximum absolute atomic E-state index is 17.8. The first-order valence-electron chi connectivity index (χ1n) is 12.3. The van der Waals surface area contributed by atoms with Gasteiger partial charge >= 0.3 is 11.9 Å². The minimum atomic E-state index is -2.77. The Kier molecular flexibility index (Phi) is 6.09. The van der Waals surface area contributed by atoms with Crippen molar-refractivity contribution in [2.45, 2.75) is 63.6 Å². The summed E-state index contributed by atoms with van der Waals surface area (Å²) in [5.41, 5.74) is -8.98. The largest absolute Gasteiger partial charge is 0.423 e. The molecular weight excluding hydrogens is 529 g/mol. The summed E-state index contributed by atoms with van der Waals surface area (Å²) in [5, 5.41) is 22.3. The van der Waals surface area contributed by atoms with E-state index >= 15 is 8.78 Å². The van der Waals surface area contributed by atoms with E-state index in [1.165, 1.54) is 13.8 Å². The van der Waals surface area contributed by atoms with Gasteiger partial charge in [-0.2, -0.15) is 0 Å². The molecule has 3 fully saturated rings. The van der Waals surface area contributed by atoms with Crippen molar-refractivity contribution >= 4 is 34.6 Å². The van der Waals surface area contributed by atoms with E-state index in [0.717, 1.165) is 18.2 Å². The quantitative estimate of drug-likeness (QED) is 0.494. The van der Waals surface area contributed by atoms with Crippen molar-refractivity contribution in [3.63, 3.8) is 0 Å². The van der Waals surface area contributed by atoms with Crippen molar-refractivity contribution in [1.29, 1.82) is 0 Å². The van der Waals surface area contributed by atoms with E-state index in [1.54, 1.807) is 6.92 Å². The highest BCUT2D eigenvalue weighted by Gasteiger charge is 2.78. The van der Waals surface area contributed by atoms with Crippen molar-refractivity contribution in [2.75, 3.05) is 6.01 Å². The number of rotatable bonds is 2. The van der Waals surface area contributed by atoms with E-state index in [1.807, 2.05) is 0 Å². The second kappa shape index (κ2) is 8.53. The van der Waals surface area contributed by atoms with Gasteiger partial charge in [-0.25, -0.2) is 22.8 Å². The highest BCUT2D eigenvalue weighted by atomic mass is 32.2. The molecule has 9 atom stereocenters. The van der Waals surface area contributed by atoms with Gasteiger partial charge in [-0.15, -0.1) is 0 Å². The predicted molar refractivity (Wildman–Crippen MR) is 126 cm³/mol. The van der Waals surface area contributed by atoms with Gasteiger partial charge in [0, 0.05) is 23.5 Å². The third kappa shape index (κ3) is 3.13. The van der Waals surface area contributed by atoms with Gasteiger partial charge in [-0.05, 0) is 49.7 Å². The molecule has 1 heterocycles. The lowest BCUT2D eigenvalue weighted by Crippen LogP contribution is -2.71. The number of halogens is 3. The number of alkyl halides is 3. The zero-order valence-corrected chi connectivity index (χ0v) is 21.6. The van der Waals surface area contributed by atoms with E-state index in [2.05, 4.69) is 0 Å². The summed E-state index contributed by atoms with van der Waals surface area (Å²) < 4.78 is 57.2. The number of ketones is 1. The number of allylic oxidation sites excluding steroid dienone is 2. The van der Waals surface area contributed by atoms with Gasteiger partial charge in [0.05, 0.1) is 11.5 Å².